The van der Waals surface area contributed by atoms with Gasteiger partial charge in [0.05, 0.1) is 11.1 Å². The van der Waals surface area contributed by atoms with Crippen molar-refractivity contribution in [2.75, 3.05) is 0 Å². The Bertz CT molecular complexity index is 1170. The summed E-state index contributed by atoms with van der Waals surface area (Å²) in [5, 5.41) is 0.207. The molecule has 0 fully saturated rings. The number of hydrogen-bond donors (Lipinski definition) is 1. The van der Waals surface area contributed by atoms with Crippen LogP contribution in [0.15, 0.2) is 39.9 Å². The molecule has 1 N–H and O–H groups in total. The van der Waals surface area contributed by atoms with Gasteiger partial charge in [-0.2, -0.15) is 0 Å². The van der Waals surface area contributed by atoms with Crippen LogP contribution in [0, 0.1) is 5.82 Å². The van der Waals surface area contributed by atoms with E-state index in [9.17, 15) is 18.8 Å². The molecule has 0 radical (unpaired) electrons. The largest absolute Gasteiger partial charge is 0.329 e. The molecule has 27 heavy (non-hydrogen) atoms. The van der Waals surface area contributed by atoms with Crippen molar-refractivity contribution < 1.29 is 9.18 Å². The fourth-order valence-electron chi connectivity index (χ4n) is 3.06. The Hall–Kier alpha value is -3.35. The van der Waals surface area contributed by atoms with Crippen molar-refractivity contribution in [2.24, 2.45) is 7.05 Å². The summed E-state index contributed by atoms with van der Waals surface area (Å²) in [6.45, 7) is 3.85. The third-order valence-corrected chi connectivity index (χ3v) is 4.34. The highest BCUT2D eigenvalue weighted by Crippen LogP contribution is 2.34. The van der Waals surface area contributed by atoms with Gasteiger partial charge in [-0.25, -0.2) is 14.2 Å². The predicted molar refractivity (Wildman–Crippen MR) is 102 cm³/mol. The number of aldehydes is 1. The molecular weight excluding hydrogens is 349 g/mol. The Morgan fingerprint density at radius 1 is 1.19 bits per heavy atom. The molecule has 2 aromatic heterocycles. The van der Waals surface area contributed by atoms with E-state index in [1.165, 1.54) is 29.8 Å². The second kappa shape index (κ2) is 7.11. The summed E-state index contributed by atoms with van der Waals surface area (Å²) in [4.78, 5) is 42.4. The van der Waals surface area contributed by atoms with Crippen LogP contribution >= 0.6 is 0 Å². The minimum absolute atomic E-state index is 0.0470. The quantitative estimate of drug-likeness (QED) is 0.568. The number of aromatic nitrogens is 3. The number of fused-ring (bicyclic) bond motifs is 1. The van der Waals surface area contributed by atoms with Gasteiger partial charge in [0.25, 0.3) is 5.56 Å². The Morgan fingerprint density at radius 3 is 2.44 bits per heavy atom. The zero-order chi connectivity index (χ0) is 19.7. The number of carbonyl (C=O) groups is 1. The van der Waals surface area contributed by atoms with Gasteiger partial charge in [0.1, 0.15) is 17.8 Å². The highest BCUT2D eigenvalue weighted by molar-refractivity contribution is 5.98. The van der Waals surface area contributed by atoms with Crippen molar-refractivity contribution in [3.63, 3.8) is 0 Å². The summed E-state index contributed by atoms with van der Waals surface area (Å²) in [5.74, 6) is -0.457. The fraction of sp³-hybridized carbons (Fsp3) is 0.200. The van der Waals surface area contributed by atoms with Gasteiger partial charge in [-0.3, -0.25) is 19.1 Å². The summed E-state index contributed by atoms with van der Waals surface area (Å²) in [7, 11) is 1.52. The Morgan fingerprint density at radius 2 is 1.85 bits per heavy atom. The van der Waals surface area contributed by atoms with E-state index in [1.807, 2.05) is 13.8 Å². The molecular formula is C20H18FN3O3. The molecule has 0 aliphatic heterocycles. The Balaban J connectivity index is 2.61. The molecule has 0 saturated heterocycles. The zero-order valence-corrected chi connectivity index (χ0v) is 15.1. The second-order valence-corrected chi connectivity index (χ2v) is 6.46. The smallest absolute Gasteiger partial charge is 0.299 e. The van der Waals surface area contributed by atoms with Crippen LogP contribution in [0.3, 0.4) is 0 Å². The zero-order valence-electron chi connectivity index (χ0n) is 15.1. The molecule has 7 heteroatoms. The summed E-state index contributed by atoms with van der Waals surface area (Å²) in [6, 6.07) is 5.69. The lowest BCUT2D eigenvalue weighted by molar-refractivity contribution is -0.104. The molecule has 0 atom stereocenters. The van der Waals surface area contributed by atoms with Crippen molar-refractivity contribution in [3.05, 3.63) is 68.3 Å². The third-order valence-electron chi connectivity index (χ3n) is 4.34. The van der Waals surface area contributed by atoms with Gasteiger partial charge in [0.2, 0.25) is 0 Å². The molecule has 0 amide bonds. The predicted octanol–water partition coefficient (Wildman–Crippen LogP) is 2.76. The van der Waals surface area contributed by atoms with Gasteiger partial charge in [-0.1, -0.05) is 26.0 Å². The van der Waals surface area contributed by atoms with Crippen molar-refractivity contribution in [2.45, 2.75) is 19.8 Å². The molecule has 0 bridgehead atoms. The lowest BCUT2D eigenvalue weighted by Crippen LogP contribution is -2.30. The molecule has 138 valence electrons. The number of carbonyl (C=O) groups excluding carboxylic acids is 1. The van der Waals surface area contributed by atoms with E-state index in [0.29, 0.717) is 28.7 Å². The lowest BCUT2D eigenvalue weighted by atomic mass is 9.92. The SMILES string of the molecule is CC(C)c1nc2c(c(-c3ccc(F)cc3)c1/C=C/C=O)c(=O)[nH]c(=O)n2C. The summed E-state index contributed by atoms with van der Waals surface area (Å²) in [5.41, 5.74) is 1.36. The molecule has 0 aliphatic rings. The van der Waals surface area contributed by atoms with E-state index in [1.54, 1.807) is 18.2 Å². The molecule has 0 spiro atoms. The van der Waals surface area contributed by atoms with Crippen LogP contribution in [-0.2, 0) is 11.8 Å². The van der Waals surface area contributed by atoms with E-state index in [-0.39, 0.29) is 17.0 Å². The van der Waals surface area contributed by atoms with Gasteiger partial charge >= 0.3 is 5.69 Å². The molecule has 2 heterocycles. The van der Waals surface area contributed by atoms with Crippen LogP contribution in [0.2, 0.25) is 0 Å². The van der Waals surface area contributed by atoms with E-state index < -0.39 is 17.1 Å². The first-order valence-electron chi connectivity index (χ1n) is 8.39. The number of halogens is 1. The number of rotatable bonds is 4. The minimum atomic E-state index is -0.587. The van der Waals surface area contributed by atoms with E-state index in [0.717, 1.165) is 0 Å². The standard InChI is InChI=1S/C20H18FN3O3/c1-11(2)17-14(5-4-10-25)15(12-6-8-13(21)9-7-12)16-18(22-17)24(3)20(27)23-19(16)26/h4-11H,1-3H3,(H,23,26,27)/b5-4+. The second-order valence-electron chi connectivity index (χ2n) is 6.46. The number of nitrogens with one attached hydrogen (secondary N) is 1. The average Bonchev–Trinajstić information content (AvgIpc) is 2.64. The van der Waals surface area contributed by atoms with Crippen LogP contribution in [0.25, 0.3) is 28.2 Å². The molecule has 6 nitrogen and oxygen atoms in total. The highest BCUT2D eigenvalue weighted by Gasteiger charge is 2.21. The van der Waals surface area contributed by atoms with Gasteiger partial charge in [0.15, 0.2) is 0 Å². The highest BCUT2D eigenvalue weighted by atomic mass is 19.1. The summed E-state index contributed by atoms with van der Waals surface area (Å²) >= 11 is 0. The van der Waals surface area contributed by atoms with Crippen molar-refractivity contribution >= 4 is 23.4 Å². The van der Waals surface area contributed by atoms with Gasteiger partial charge in [-0.15, -0.1) is 0 Å². The lowest BCUT2D eigenvalue weighted by Gasteiger charge is -2.18. The molecule has 1 aromatic carbocycles. The van der Waals surface area contributed by atoms with Crippen molar-refractivity contribution in [1.29, 1.82) is 0 Å². The average molecular weight is 367 g/mol. The number of pyridine rings is 1. The van der Waals surface area contributed by atoms with Crippen LogP contribution in [0.5, 0.6) is 0 Å². The Labute approximate surface area is 154 Å². The van der Waals surface area contributed by atoms with Gasteiger partial charge < -0.3 is 0 Å². The van der Waals surface area contributed by atoms with Crippen LogP contribution in [0.1, 0.15) is 31.0 Å². The summed E-state index contributed by atoms with van der Waals surface area (Å²) in [6.07, 6.45) is 3.53. The minimum Gasteiger partial charge on any atom is -0.299 e. The first kappa shape index (κ1) is 18.4. The molecule has 0 unspecified atom stereocenters. The fourth-order valence-corrected chi connectivity index (χ4v) is 3.06. The first-order chi connectivity index (χ1) is 12.8. The number of allylic oxidation sites excluding steroid dienone is 1. The number of aromatic amines is 1. The number of aryl methyl sites for hydroxylation is 1. The van der Waals surface area contributed by atoms with Crippen LogP contribution in [0.4, 0.5) is 4.39 Å². The van der Waals surface area contributed by atoms with Gasteiger partial charge in [0, 0.05) is 18.2 Å². The number of hydrogen-bond acceptors (Lipinski definition) is 4. The normalized spacial score (nSPS) is 11.6. The molecule has 0 saturated carbocycles. The van der Waals surface area contributed by atoms with Crippen LogP contribution < -0.4 is 11.2 Å². The van der Waals surface area contributed by atoms with Crippen LogP contribution in [-0.4, -0.2) is 20.8 Å². The maximum atomic E-state index is 13.4. The topological polar surface area (TPSA) is 84.8 Å². The number of H-pyrrole nitrogens is 1. The van der Waals surface area contributed by atoms with Gasteiger partial charge in [-0.05, 0) is 35.8 Å². The number of benzene rings is 1. The molecule has 3 aromatic rings. The number of nitrogens with zero attached hydrogens (tertiary/aromatic N) is 2. The maximum Gasteiger partial charge on any atom is 0.329 e. The molecule has 3 rings (SSSR count). The third kappa shape index (κ3) is 3.23. The monoisotopic (exact) mass is 367 g/mol. The maximum absolute atomic E-state index is 13.4. The van der Waals surface area contributed by atoms with E-state index >= 15 is 0 Å². The van der Waals surface area contributed by atoms with Crippen molar-refractivity contribution in [3.8, 4) is 11.1 Å². The molecule has 0 aliphatic carbocycles. The van der Waals surface area contributed by atoms with E-state index in [4.69, 9.17) is 0 Å². The first-order valence-corrected chi connectivity index (χ1v) is 8.39. The van der Waals surface area contributed by atoms with Crippen molar-refractivity contribution in [1.82, 2.24) is 14.5 Å². The summed E-state index contributed by atoms with van der Waals surface area (Å²) < 4.78 is 14.7. The van der Waals surface area contributed by atoms with E-state index in [2.05, 4.69) is 9.97 Å². The Kier molecular flexibility index (Phi) is 4.85.